The van der Waals surface area contributed by atoms with Crippen LogP contribution in [-0.4, -0.2) is 56.4 Å². The summed E-state index contributed by atoms with van der Waals surface area (Å²) in [7, 11) is 16.6. The van der Waals surface area contributed by atoms with E-state index in [0.29, 0.717) is 0 Å². The first-order valence-electron chi connectivity index (χ1n) is 13.5. The van der Waals surface area contributed by atoms with E-state index in [1.54, 1.807) is 0 Å². The van der Waals surface area contributed by atoms with Crippen LogP contribution in [0.25, 0.3) is 5.57 Å². The molecule has 0 radical (unpaired) electrons. The summed E-state index contributed by atoms with van der Waals surface area (Å²) in [6.07, 6.45) is 2.44. The standard InChI is InChI=1S/C35H42N4/c1-36(2)30-17-9-26(10-18-30)34(27-11-19-31(20-12-27)37(3)4)25-35(28-13-21-32(22-14-28)38(5)6)29-15-23-33(24-16-29)39(7)8/h9-25,34H,1-8H3. The van der Waals surface area contributed by atoms with Gasteiger partial charge in [0.1, 0.15) is 0 Å². The molecule has 4 aromatic rings. The van der Waals surface area contributed by atoms with E-state index >= 15 is 0 Å². The Bertz CT molecular complexity index is 1260. The highest BCUT2D eigenvalue weighted by molar-refractivity contribution is 5.82. The first kappa shape index (κ1) is 27.8. The Labute approximate surface area is 235 Å². The highest BCUT2D eigenvalue weighted by atomic mass is 15.1. The van der Waals surface area contributed by atoms with Crippen molar-refractivity contribution in [1.82, 2.24) is 0 Å². The van der Waals surface area contributed by atoms with Crippen LogP contribution in [0, 0.1) is 0 Å². The number of allylic oxidation sites excluding steroid dienone is 1. The fourth-order valence-corrected chi connectivity index (χ4v) is 4.75. The lowest BCUT2D eigenvalue weighted by atomic mass is 9.86. The second kappa shape index (κ2) is 12.1. The highest BCUT2D eigenvalue weighted by Gasteiger charge is 2.16. The third-order valence-electron chi connectivity index (χ3n) is 7.26. The average molecular weight is 519 g/mol. The Morgan fingerprint density at radius 1 is 0.410 bits per heavy atom. The average Bonchev–Trinajstić information content (AvgIpc) is 2.94. The van der Waals surface area contributed by atoms with E-state index in [-0.39, 0.29) is 5.92 Å². The largest absolute Gasteiger partial charge is 0.378 e. The lowest BCUT2D eigenvalue weighted by Crippen LogP contribution is -2.10. The van der Waals surface area contributed by atoms with Gasteiger partial charge in [-0.25, -0.2) is 0 Å². The summed E-state index contributed by atoms with van der Waals surface area (Å²) in [6.45, 7) is 0. The van der Waals surface area contributed by atoms with Gasteiger partial charge in [0.15, 0.2) is 0 Å². The monoisotopic (exact) mass is 518 g/mol. The van der Waals surface area contributed by atoms with Crippen LogP contribution < -0.4 is 19.6 Å². The van der Waals surface area contributed by atoms with Crippen LogP contribution >= 0.6 is 0 Å². The van der Waals surface area contributed by atoms with Crippen molar-refractivity contribution in [3.8, 4) is 0 Å². The normalized spacial score (nSPS) is 10.8. The van der Waals surface area contributed by atoms with Gasteiger partial charge in [-0.15, -0.1) is 0 Å². The molecule has 0 saturated heterocycles. The number of benzene rings is 4. The Morgan fingerprint density at radius 2 is 0.667 bits per heavy atom. The van der Waals surface area contributed by atoms with E-state index in [9.17, 15) is 0 Å². The van der Waals surface area contributed by atoms with Crippen molar-refractivity contribution in [3.63, 3.8) is 0 Å². The van der Waals surface area contributed by atoms with E-state index in [4.69, 9.17) is 0 Å². The highest BCUT2D eigenvalue weighted by Crippen LogP contribution is 2.35. The molecular weight excluding hydrogens is 476 g/mol. The van der Waals surface area contributed by atoms with Crippen LogP contribution in [0.3, 0.4) is 0 Å². The third kappa shape index (κ3) is 6.64. The SMILES string of the molecule is CN(C)c1ccc(C(=CC(c2ccc(N(C)C)cc2)c2ccc(N(C)C)cc2)c2ccc(N(C)C)cc2)cc1. The number of anilines is 4. The van der Waals surface area contributed by atoms with Gasteiger partial charge in [0.25, 0.3) is 0 Å². The lowest BCUT2D eigenvalue weighted by molar-refractivity contribution is 1.02. The van der Waals surface area contributed by atoms with Crippen LogP contribution in [0.4, 0.5) is 22.7 Å². The second-order valence-corrected chi connectivity index (χ2v) is 10.9. The Kier molecular flexibility index (Phi) is 8.65. The van der Waals surface area contributed by atoms with Gasteiger partial charge in [0, 0.05) is 85.0 Å². The second-order valence-electron chi connectivity index (χ2n) is 10.9. The Hall–Kier alpha value is -4.18. The van der Waals surface area contributed by atoms with Crippen LogP contribution in [0.2, 0.25) is 0 Å². The zero-order chi connectivity index (χ0) is 28.1. The summed E-state index contributed by atoms with van der Waals surface area (Å²) < 4.78 is 0. The fourth-order valence-electron chi connectivity index (χ4n) is 4.75. The maximum absolute atomic E-state index is 2.44. The maximum atomic E-state index is 2.44. The van der Waals surface area contributed by atoms with Crippen molar-refractivity contribution in [1.29, 1.82) is 0 Å². The molecule has 0 saturated carbocycles. The summed E-state index contributed by atoms with van der Waals surface area (Å²) in [4.78, 5) is 8.57. The predicted molar refractivity (Wildman–Crippen MR) is 172 cm³/mol. The van der Waals surface area contributed by atoms with Crippen molar-refractivity contribution in [3.05, 3.63) is 125 Å². The van der Waals surface area contributed by atoms with Crippen LogP contribution in [0.15, 0.2) is 103 Å². The molecule has 4 aromatic carbocycles. The van der Waals surface area contributed by atoms with Gasteiger partial charge < -0.3 is 19.6 Å². The maximum Gasteiger partial charge on any atom is 0.0361 e. The van der Waals surface area contributed by atoms with Crippen molar-refractivity contribution < 1.29 is 0 Å². The zero-order valence-electron chi connectivity index (χ0n) is 24.7. The summed E-state index contributed by atoms with van der Waals surface area (Å²) in [5.74, 6) is 0.0921. The molecule has 0 spiro atoms. The minimum atomic E-state index is 0.0921. The van der Waals surface area contributed by atoms with Gasteiger partial charge in [-0.2, -0.15) is 0 Å². The van der Waals surface area contributed by atoms with Gasteiger partial charge in [0.2, 0.25) is 0 Å². The molecule has 4 rings (SSSR count). The number of rotatable bonds is 9. The molecule has 39 heavy (non-hydrogen) atoms. The summed E-state index contributed by atoms with van der Waals surface area (Å²) in [5.41, 5.74) is 11.0. The van der Waals surface area contributed by atoms with Crippen molar-refractivity contribution in [2.75, 3.05) is 76.0 Å². The smallest absolute Gasteiger partial charge is 0.0361 e. The minimum absolute atomic E-state index is 0.0921. The van der Waals surface area contributed by atoms with Gasteiger partial charge in [-0.05, 0) is 76.4 Å². The third-order valence-corrected chi connectivity index (χ3v) is 7.26. The van der Waals surface area contributed by atoms with Gasteiger partial charge in [-0.1, -0.05) is 54.6 Å². The Balaban J connectivity index is 1.89. The molecule has 0 aliphatic rings. The lowest BCUT2D eigenvalue weighted by Gasteiger charge is -2.21. The van der Waals surface area contributed by atoms with E-state index in [1.807, 2.05) is 0 Å². The molecule has 0 heterocycles. The summed E-state index contributed by atoms with van der Waals surface area (Å²) >= 11 is 0. The topological polar surface area (TPSA) is 13.0 Å². The molecule has 202 valence electrons. The molecule has 4 nitrogen and oxygen atoms in total. The summed E-state index contributed by atoms with van der Waals surface area (Å²) in [6, 6.07) is 35.6. The van der Waals surface area contributed by atoms with Crippen molar-refractivity contribution in [2.24, 2.45) is 0 Å². The predicted octanol–water partition coefficient (Wildman–Crippen LogP) is 7.21. The molecular formula is C35H42N4. The molecule has 0 aliphatic carbocycles. The van der Waals surface area contributed by atoms with Crippen LogP contribution in [-0.2, 0) is 0 Å². The summed E-state index contributed by atoms with van der Waals surface area (Å²) in [5, 5.41) is 0. The number of hydrogen-bond acceptors (Lipinski definition) is 4. The molecule has 0 unspecified atom stereocenters. The molecule has 0 amide bonds. The molecule has 0 atom stereocenters. The van der Waals surface area contributed by atoms with Crippen LogP contribution in [0.5, 0.6) is 0 Å². The van der Waals surface area contributed by atoms with Crippen LogP contribution in [0.1, 0.15) is 28.2 Å². The van der Waals surface area contributed by atoms with Gasteiger partial charge in [0.05, 0.1) is 0 Å². The molecule has 0 aromatic heterocycles. The fraction of sp³-hybridized carbons (Fsp3) is 0.257. The number of nitrogens with zero attached hydrogens (tertiary/aromatic N) is 4. The van der Waals surface area contributed by atoms with E-state index in [1.165, 1.54) is 50.6 Å². The van der Waals surface area contributed by atoms with Gasteiger partial charge in [-0.3, -0.25) is 0 Å². The molecule has 0 N–H and O–H groups in total. The Morgan fingerprint density at radius 3 is 0.923 bits per heavy atom. The molecule has 0 bridgehead atoms. The zero-order valence-corrected chi connectivity index (χ0v) is 24.7. The van der Waals surface area contributed by atoms with Crippen molar-refractivity contribution in [2.45, 2.75) is 5.92 Å². The van der Waals surface area contributed by atoms with E-state index in [2.05, 4.69) is 179 Å². The molecule has 4 heteroatoms. The minimum Gasteiger partial charge on any atom is -0.378 e. The first-order chi connectivity index (χ1) is 18.6. The quantitative estimate of drug-likeness (QED) is 0.232. The van der Waals surface area contributed by atoms with Gasteiger partial charge >= 0.3 is 0 Å². The van der Waals surface area contributed by atoms with Crippen molar-refractivity contribution >= 4 is 28.3 Å². The van der Waals surface area contributed by atoms with E-state index < -0.39 is 0 Å². The molecule has 0 fully saturated rings. The molecule has 0 aliphatic heterocycles. The first-order valence-corrected chi connectivity index (χ1v) is 13.5. The number of hydrogen-bond donors (Lipinski definition) is 0. The van der Waals surface area contributed by atoms with E-state index in [0.717, 1.165) is 0 Å².